The molecule has 1 fully saturated rings. The Kier molecular flexibility index (Phi) is 4.08. The number of nitrogen functional groups attached to an aromatic ring is 1. The maximum Gasteiger partial charge on any atom is 0.356 e. The highest BCUT2D eigenvalue weighted by Gasteiger charge is 2.26. The van der Waals surface area contributed by atoms with Crippen LogP contribution in [-0.2, 0) is 9.47 Å². The number of aromatic nitrogens is 1. The summed E-state index contributed by atoms with van der Waals surface area (Å²) in [5.74, 6) is -0.451. The fourth-order valence-corrected chi connectivity index (χ4v) is 2.90. The van der Waals surface area contributed by atoms with Crippen LogP contribution in [0.2, 0.25) is 0 Å². The van der Waals surface area contributed by atoms with Gasteiger partial charge in [-0.3, -0.25) is 0 Å². The van der Waals surface area contributed by atoms with Gasteiger partial charge >= 0.3 is 5.97 Å². The fourth-order valence-electron chi connectivity index (χ4n) is 1.77. The van der Waals surface area contributed by atoms with E-state index in [4.69, 9.17) is 10.5 Å². The lowest BCUT2D eigenvalue weighted by atomic mass is 10.3. The Balaban J connectivity index is 2.18. The predicted octanol–water partition coefficient (Wildman–Crippen LogP) is 1.72. The number of pyridine rings is 1. The standard InChI is InChI=1S/C12H16N2O3S/c1-7-10(5-6-17-7)18-11-8(13)3-4-9(14-11)12(15)16-2/h3-4,7,10H,5-6,13H2,1-2H3. The molecule has 6 heteroatoms. The topological polar surface area (TPSA) is 74.4 Å². The normalized spacial score (nSPS) is 23.0. The first-order valence-corrected chi connectivity index (χ1v) is 6.63. The van der Waals surface area contributed by atoms with E-state index < -0.39 is 5.97 Å². The zero-order valence-electron chi connectivity index (χ0n) is 10.4. The number of anilines is 1. The van der Waals surface area contributed by atoms with Gasteiger partial charge < -0.3 is 15.2 Å². The number of carbonyl (C=O) groups excluding carboxylic acids is 1. The number of nitrogens with zero attached hydrogens (tertiary/aromatic N) is 1. The number of hydrogen-bond acceptors (Lipinski definition) is 6. The van der Waals surface area contributed by atoms with Crippen LogP contribution in [0, 0.1) is 0 Å². The monoisotopic (exact) mass is 268 g/mol. The molecule has 2 atom stereocenters. The fraction of sp³-hybridized carbons (Fsp3) is 0.500. The molecule has 98 valence electrons. The molecule has 1 aromatic rings. The van der Waals surface area contributed by atoms with Crippen LogP contribution in [0.25, 0.3) is 0 Å². The Labute approximate surface area is 110 Å². The van der Waals surface area contributed by atoms with Gasteiger partial charge in [-0.2, -0.15) is 0 Å². The van der Waals surface area contributed by atoms with Crippen molar-refractivity contribution in [2.45, 2.75) is 29.7 Å². The summed E-state index contributed by atoms with van der Waals surface area (Å²) in [6, 6.07) is 3.25. The van der Waals surface area contributed by atoms with Crippen molar-refractivity contribution in [2.75, 3.05) is 19.5 Å². The van der Waals surface area contributed by atoms with Gasteiger partial charge in [0.05, 0.1) is 18.9 Å². The van der Waals surface area contributed by atoms with Gasteiger partial charge in [0.15, 0.2) is 0 Å². The van der Waals surface area contributed by atoms with Crippen molar-refractivity contribution >= 4 is 23.4 Å². The minimum Gasteiger partial charge on any atom is -0.464 e. The number of nitrogens with two attached hydrogens (primary N) is 1. The van der Waals surface area contributed by atoms with E-state index in [1.165, 1.54) is 7.11 Å². The molecule has 0 spiro atoms. The van der Waals surface area contributed by atoms with Crippen molar-refractivity contribution < 1.29 is 14.3 Å². The summed E-state index contributed by atoms with van der Waals surface area (Å²) < 4.78 is 10.1. The van der Waals surface area contributed by atoms with Crippen molar-refractivity contribution in [3.63, 3.8) is 0 Å². The summed E-state index contributed by atoms with van der Waals surface area (Å²) in [7, 11) is 1.33. The van der Waals surface area contributed by atoms with Crippen LogP contribution in [0.1, 0.15) is 23.8 Å². The molecular formula is C12H16N2O3S. The van der Waals surface area contributed by atoms with E-state index in [1.54, 1.807) is 23.9 Å². The van der Waals surface area contributed by atoms with Crippen molar-refractivity contribution in [1.82, 2.24) is 4.98 Å². The Bertz CT molecular complexity index is 453. The van der Waals surface area contributed by atoms with Crippen LogP contribution in [0.15, 0.2) is 17.2 Å². The highest BCUT2D eigenvalue weighted by atomic mass is 32.2. The molecule has 5 nitrogen and oxygen atoms in total. The number of hydrogen-bond donors (Lipinski definition) is 1. The average Bonchev–Trinajstić information content (AvgIpc) is 2.77. The molecule has 18 heavy (non-hydrogen) atoms. The van der Waals surface area contributed by atoms with Crippen LogP contribution in [0.3, 0.4) is 0 Å². The molecule has 1 aliphatic rings. The van der Waals surface area contributed by atoms with Crippen LogP contribution in [-0.4, -0.2) is 36.0 Å². The Hall–Kier alpha value is -1.27. The quantitative estimate of drug-likeness (QED) is 0.841. The number of thioether (sulfide) groups is 1. The van der Waals surface area contributed by atoms with Gasteiger partial charge in [-0.1, -0.05) is 11.8 Å². The van der Waals surface area contributed by atoms with E-state index in [1.807, 2.05) is 6.92 Å². The van der Waals surface area contributed by atoms with E-state index in [2.05, 4.69) is 9.72 Å². The number of esters is 1. The molecule has 0 aliphatic carbocycles. The van der Waals surface area contributed by atoms with Crippen LogP contribution in [0.4, 0.5) is 5.69 Å². The highest BCUT2D eigenvalue weighted by molar-refractivity contribution is 8.00. The molecule has 0 saturated carbocycles. The van der Waals surface area contributed by atoms with E-state index in [9.17, 15) is 4.79 Å². The van der Waals surface area contributed by atoms with Gasteiger partial charge in [0.25, 0.3) is 0 Å². The summed E-state index contributed by atoms with van der Waals surface area (Å²) in [5.41, 5.74) is 6.73. The molecule has 2 rings (SSSR count). The molecule has 0 amide bonds. The highest BCUT2D eigenvalue weighted by Crippen LogP contribution is 2.34. The lowest BCUT2D eigenvalue weighted by Crippen LogP contribution is -2.14. The molecule has 1 aromatic heterocycles. The van der Waals surface area contributed by atoms with E-state index in [-0.39, 0.29) is 11.8 Å². The summed E-state index contributed by atoms with van der Waals surface area (Å²) >= 11 is 1.56. The van der Waals surface area contributed by atoms with Gasteiger partial charge in [-0.25, -0.2) is 9.78 Å². The second-order valence-electron chi connectivity index (χ2n) is 4.10. The van der Waals surface area contributed by atoms with E-state index >= 15 is 0 Å². The van der Waals surface area contributed by atoms with Crippen LogP contribution < -0.4 is 5.73 Å². The first-order valence-electron chi connectivity index (χ1n) is 5.75. The third kappa shape index (κ3) is 2.76. The molecule has 0 radical (unpaired) electrons. The Morgan fingerprint density at radius 3 is 3.00 bits per heavy atom. The SMILES string of the molecule is COC(=O)c1ccc(N)c(SC2CCOC2C)n1. The number of carbonyl (C=O) groups is 1. The second kappa shape index (κ2) is 5.58. The Morgan fingerprint density at radius 2 is 2.39 bits per heavy atom. The lowest BCUT2D eigenvalue weighted by Gasteiger charge is -2.14. The first-order chi connectivity index (χ1) is 8.61. The van der Waals surface area contributed by atoms with E-state index in [0.29, 0.717) is 16.0 Å². The summed E-state index contributed by atoms with van der Waals surface area (Å²) in [5, 5.41) is 0.993. The third-order valence-corrected chi connectivity index (χ3v) is 4.33. The molecule has 2 heterocycles. The lowest BCUT2D eigenvalue weighted by molar-refractivity contribution is 0.0593. The van der Waals surface area contributed by atoms with Crippen molar-refractivity contribution in [1.29, 1.82) is 0 Å². The molecule has 0 aromatic carbocycles. The minimum absolute atomic E-state index is 0.179. The zero-order valence-corrected chi connectivity index (χ0v) is 11.2. The first kappa shape index (κ1) is 13.2. The van der Waals surface area contributed by atoms with Crippen LogP contribution in [0.5, 0.6) is 0 Å². The number of methoxy groups -OCH3 is 1. The third-order valence-electron chi connectivity index (χ3n) is 2.85. The zero-order chi connectivity index (χ0) is 13.1. The summed E-state index contributed by atoms with van der Waals surface area (Å²) in [4.78, 5) is 15.7. The smallest absolute Gasteiger partial charge is 0.356 e. The van der Waals surface area contributed by atoms with Gasteiger partial charge in [-0.15, -0.1) is 0 Å². The summed E-state index contributed by atoms with van der Waals surface area (Å²) in [6.45, 7) is 2.79. The van der Waals surface area contributed by atoms with Crippen molar-refractivity contribution in [3.8, 4) is 0 Å². The largest absolute Gasteiger partial charge is 0.464 e. The second-order valence-corrected chi connectivity index (χ2v) is 5.33. The van der Waals surface area contributed by atoms with Crippen molar-refractivity contribution in [2.24, 2.45) is 0 Å². The van der Waals surface area contributed by atoms with Crippen molar-refractivity contribution in [3.05, 3.63) is 17.8 Å². The minimum atomic E-state index is -0.451. The van der Waals surface area contributed by atoms with Crippen LogP contribution >= 0.6 is 11.8 Å². The molecule has 1 saturated heterocycles. The van der Waals surface area contributed by atoms with Gasteiger partial charge in [-0.05, 0) is 25.5 Å². The van der Waals surface area contributed by atoms with Gasteiger partial charge in [0.1, 0.15) is 10.7 Å². The number of ether oxygens (including phenoxy) is 2. The van der Waals surface area contributed by atoms with E-state index in [0.717, 1.165) is 13.0 Å². The number of rotatable bonds is 3. The maximum atomic E-state index is 11.4. The summed E-state index contributed by atoms with van der Waals surface area (Å²) in [6.07, 6.45) is 1.15. The molecule has 1 aliphatic heterocycles. The molecule has 0 bridgehead atoms. The van der Waals surface area contributed by atoms with Gasteiger partial charge in [0.2, 0.25) is 0 Å². The average molecular weight is 268 g/mol. The maximum absolute atomic E-state index is 11.4. The predicted molar refractivity (Wildman–Crippen MR) is 69.7 cm³/mol. The van der Waals surface area contributed by atoms with Gasteiger partial charge in [0, 0.05) is 11.9 Å². The molecular weight excluding hydrogens is 252 g/mol. The molecule has 2 N–H and O–H groups in total. The molecule has 2 unspecified atom stereocenters. The Morgan fingerprint density at radius 1 is 1.61 bits per heavy atom.